The summed E-state index contributed by atoms with van der Waals surface area (Å²) in [6.07, 6.45) is 0.206. The number of unbranched alkanes of at least 4 members (excludes halogenated alkanes) is 2. The Kier molecular flexibility index (Phi) is 12.6. The molecule has 0 saturated carbocycles. The van der Waals surface area contributed by atoms with Crippen LogP contribution in [0.2, 0.25) is 0 Å². The second-order valence-electron chi connectivity index (χ2n) is 3.52. The maximum atomic E-state index is 10.8. The normalized spacial score (nSPS) is 9.44. The third-order valence-corrected chi connectivity index (χ3v) is 3.09. The monoisotopic (exact) mass is 320 g/mol. The zero-order valence-corrected chi connectivity index (χ0v) is 12.3. The third-order valence-electron chi connectivity index (χ3n) is 2.03. The van der Waals surface area contributed by atoms with Gasteiger partial charge in [-0.2, -0.15) is 0 Å². The van der Waals surface area contributed by atoms with Gasteiger partial charge in [0.05, 0.1) is 12.1 Å². The predicted molar refractivity (Wildman–Crippen MR) is 61.6 cm³/mol. The van der Waals surface area contributed by atoms with E-state index >= 15 is 0 Å². The van der Waals surface area contributed by atoms with Crippen LogP contribution in [0.4, 0.5) is 9.59 Å². The second kappa shape index (κ2) is 11.5. The van der Waals surface area contributed by atoms with E-state index in [-0.39, 0.29) is 29.6 Å². The van der Waals surface area contributed by atoms with E-state index in [1.165, 1.54) is 0 Å². The predicted octanol–water partition coefficient (Wildman–Crippen LogP) is 0.438. The average molecular weight is 321 g/mol. The number of carbonyl (C=O) groups is 2. The van der Waals surface area contributed by atoms with Gasteiger partial charge in [0.2, 0.25) is 0 Å². The van der Waals surface area contributed by atoms with Crippen molar-refractivity contribution < 1.29 is 36.3 Å². The first-order valence-electron chi connectivity index (χ1n) is 5.68. The van der Waals surface area contributed by atoms with Gasteiger partial charge in [0.1, 0.15) is 12.2 Å². The van der Waals surface area contributed by atoms with Gasteiger partial charge in [-0.15, -0.1) is 0 Å². The Balaban J connectivity index is 0. The number of carbonyl (C=O) groups excluding carboxylic acids is 2. The third kappa shape index (κ3) is 8.47. The Hall–Kier alpha value is -0.616. The molecular weight excluding hydrogens is 303 g/mol. The molecular formula is C10H18N2NiO4S. The van der Waals surface area contributed by atoms with Crippen molar-refractivity contribution in [2.24, 2.45) is 0 Å². The standard InChI is InChI=1S/C10H20N2O4S.Ni/c1-3-5-7-11(9(13)14)17-12(10(15)16)8-6-4-2;/h3-8H2,1-2H3,(H,13,14)(H,15,16);/q;+2/p-2. The van der Waals surface area contributed by atoms with E-state index in [1.54, 1.807) is 0 Å². The molecule has 0 radical (unpaired) electrons. The van der Waals surface area contributed by atoms with Gasteiger partial charge in [-0.05, 0) is 12.8 Å². The molecule has 6 nitrogen and oxygen atoms in total. The van der Waals surface area contributed by atoms with Crippen molar-refractivity contribution in [2.45, 2.75) is 39.5 Å². The maximum absolute atomic E-state index is 10.8. The van der Waals surface area contributed by atoms with Crippen molar-refractivity contribution in [3.05, 3.63) is 0 Å². The van der Waals surface area contributed by atoms with Crippen molar-refractivity contribution in [2.75, 3.05) is 13.1 Å². The molecule has 0 N–H and O–H groups in total. The molecule has 18 heavy (non-hydrogen) atoms. The number of carboxylic acid groups (broad SMARTS) is 2. The quantitative estimate of drug-likeness (QED) is 0.478. The van der Waals surface area contributed by atoms with E-state index in [1.807, 2.05) is 13.8 Å². The Bertz CT molecular complexity index is 232. The summed E-state index contributed by atoms with van der Waals surface area (Å²) in [5, 5.41) is 21.6. The van der Waals surface area contributed by atoms with E-state index in [9.17, 15) is 19.8 Å². The van der Waals surface area contributed by atoms with E-state index in [2.05, 4.69) is 0 Å². The Labute approximate surface area is 122 Å². The second-order valence-corrected chi connectivity index (χ2v) is 4.57. The molecule has 0 fully saturated rings. The molecule has 0 aromatic carbocycles. The molecule has 0 aromatic rings. The van der Waals surface area contributed by atoms with Gasteiger partial charge < -0.3 is 19.8 Å². The van der Waals surface area contributed by atoms with Crippen LogP contribution in [0.3, 0.4) is 0 Å². The molecule has 8 heteroatoms. The van der Waals surface area contributed by atoms with Gasteiger partial charge in [0.15, 0.2) is 0 Å². The van der Waals surface area contributed by atoms with Crippen LogP contribution in [-0.4, -0.2) is 33.9 Å². The summed E-state index contributed by atoms with van der Waals surface area (Å²) >= 11 is 0.629. The molecule has 0 heterocycles. The zero-order valence-electron chi connectivity index (χ0n) is 10.5. The van der Waals surface area contributed by atoms with Crippen LogP contribution in [0.15, 0.2) is 0 Å². The number of rotatable bonds is 8. The number of hydrogen-bond acceptors (Lipinski definition) is 5. The van der Waals surface area contributed by atoms with E-state index in [0.717, 1.165) is 21.5 Å². The van der Waals surface area contributed by atoms with E-state index in [4.69, 9.17) is 0 Å². The fraction of sp³-hybridized carbons (Fsp3) is 0.800. The van der Waals surface area contributed by atoms with Gasteiger partial charge in [-0.3, -0.25) is 8.61 Å². The minimum atomic E-state index is -1.38. The maximum Gasteiger partial charge on any atom is 2.00 e. The Morgan fingerprint density at radius 2 is 1.28 bits per heavy atom. The van der Waals surface area contributed by atoms with Crippen molar-refractivity contribution in [3.63, 3.8) is 0 Å². The summed E-state index contributed by atoms with van der Waals surface area (Å²) in [4.78, 5) is 21.6. The van der Waals surface area contributed by atoms with Gasteiger partial charge in [-0.1, -0.05) is 26.7 Å². The number of amides is 2. The van der Waals surface area contributed by atoms with Crippen molar-refractivity contribution in [1.82, 2.24) is 8.61 Å². The summed E-state index contributed by atoms with van der Waals surface area (Å²) in [6, 6.07) is 0. The van der Waals surface area contributed by atoms with Gasteiger partial charge in [0.25, 0.3) is 0 Å². The van der Waals surface area contributed by atoms with Gasteiger partial charge in [0, 0.05) is 13.1 Å². The van der Waals surface area contributed by atoms with Gasteiger partial charge >= 0.3 is 16.5 Å². The van der Waals surface area contributed by atoms with Crippen molar-refractivity contribution in [3.8, 4) is 0 Å². The average Bonchev–Trinajstić information content (AvgIpc) is 2.27. The van der Waals surface area contributed by atoms with Crippen LogP contribution < -0.4 is 10.2 Å². The van der Waals surface area contributed by atoms with E-state index in [0.29, 0.717) is 25.0 Å². The van der Waals surface area contributed by atoms with Crippen LogP contribution in [0.5, 0.6) is 0 Å². The smallest absolute Gasteiger partial charge is 0.529 e. The first-order valence-corrected chi connectivity index (χ1v) is 6.41. The molecule has 0 aliphatic heterocycles. The zero-order chi connectivity index (χ0) is 13.3. The Morgan fingerprint density at radius 1 is 0.944 bits per heavy atom. The first kappa shape index (κ1) is 19.7. The van der Waals surface area contributed by atoms with Crippen LogP contribution >= 0.6 is 12.1 Å². The van der Waals surface area contributed by atoms with Gasteiger partial charge in [-0.25, -0.2) is 0 Å². The molecule has 108 valence electrons. The summed E-state index contributed by atoms with van der Waals surface area (Å²) in [6.45, 7) is 4.34. The van der Waals surface area contributed by atoms with Crippen LogP contribution in [0.1, 0.15) is 39.5 Å². The van der Waals surface area contributed by atoms with Crippen LogP contribution in [0, 0.1) is 0 Å². The fourth-order valence-electron chi connectivity index (χ4n) is 1.05. The molecule has 0 aliphatic rings. The molecule has 0 atom stereocenters. The summed E-state index contributed by atoms with van der Waals surface area (Å²) in [7, 11) is 0. The summed E-state index contributed by atoms with van der Waals surface area (Å²) < 4.78 is 1.82. The molecule has 2 amide bonds. The SMILES string of the molecule is CCCCN(SN(CCCC)C(=O)[O-])C(=O)[O-].[Ni+2]. The summed E-state index contributed by atoms with van der Waals surface area (Å²) in [5.74, 6) is 0. The number of nitrogens with zero attached hydrogens (tertiary/aromatic N) is 2. The molecule has 0 rings (SSSR count). The first-order chi connectivity index (χ1) is 8.02. The molecule has 0 spiro atoms. The minimum Gasteiger partial charge on any atom is -0.529 e. The number of hydrogen-bond donors (Lipinski definition) is 0. The van der Waals surface area contributed by atoms with Crippen LogP contribution in [0.25, 0.3) is 0 Å². The molecule has 0 saturated heterocycles. The molecule has 0 aromatic heterocycles. The topological polar surface area (TPSA) is 86.7 Å². The van der Waals surface area contributed by atoms with E-state index < -0.39 is 12.2 Å². The Morgan fingerprint density at radius 3 is 1.50 bits per heavy atom. The largest absolute Gasteiger partial charge is 2.00 e. The fourth-order valence-corrected chi connectivity index (χ4v) is 1.85. The molecule has 0 bridgehead atoms. The molecule has 0 unspecified atom stereocenters. The van der Waals surface area contributed by atoms with Crippen molar-refractivity contribution >= 4 is 24.3 Å². The van der Waals surface area contributed by atoms with Crippen molar-refractivity contribution in [1.29, 1.82) is 0 Å². The molecule has 0 aliphatic carbocycles. The summed E-state index contributed by atoms with van der Waals surface area (Å²) in [5.41, 5.74) is 0. The van der Waals surface area contributed by atoms with Crippen LogP contribution in [-0.2, 0) is 16.5 Å². The minimum absolute atomic E-state index is 0.